The average molecular weight is 501 g/mol. The van der Waals surface area contributed by atoms with Gasteiger partial charge < -0.3 is 15.5 Å². The molecule has 0 bridgehead atoms. The van der Waals surface area contributed by atoms with Gasteiger partial charge in [0.15, 0.2) is 5.82 Å². The van der Waals surface area contributed by atoms with Crippen molar-refractivity contribution >= 4 is 34.6 Å². The van der Waals surface area contributed by atoms with Crippen LogP contribution < -0.4 is 15.5 Å². The van der Waals surface area contributed by atoms with Gasteiger partial charge in [-0.2, -0.15) is 0 Å². The van der Waals surface area contributed by atoms with Crippen LogP contribution in [0.4, 0.5) is 20.4 Å². The minimum atomic E-state index is -2.71. The first-order valence-corrected chi connectivity index (χ1v) is 13.0. The van der Waals surface area contributed by atoms with Crippen LogP contribution in [-0.2, 0) is 0 Å². The molecule has 0 spiro atoms. The summed E-state index contributed by atoms with van der Waals surface area (Å²) in [5.41, 5.74) is 2.74. The number of nitrogens with zero attached hydrogens (tertiary/aromatic N) is 6. The lowest BCUT2D eigenvalue weighted by Gasteiger charge is -2.34. The van der Waals surface area contributed by atoms with Gasteiger partial charge in [0.25, 0.3) is 5.92 Å². The maximum Gasteiger partial charge on any atom is 0.255 e. The van der Waals surface area contributed by atoms with E-state index in [1.165, 1.54) is 0 Å². The van der Waals surface area contributed by atoms with E-state index in [0.29, 0.717) is 29.1 Å². The second-order valence-electron chi connectivity index (χ2n) is 8.81. The van der Waals surface area contributed by atoms with Crippen LogP contribution in [0.3, 0.4) is 0 Å². The van der Waals surface area contributed by atoms with Crippen molar-refractivity contribution in [2.24, 2.45) is 5.92 Å². The Labute approximate surface area is 208 Å². The molecule has 8 nitrogen and oxygen atoms in total. The molecule has 2 aliphatic heterocycles. The van der Waals surface area contributed by atoms with Gasteiger partial charge in [0.2, 0.25) is 0 Å². The predicted molar refractivity (Wildman–Crippen MR) is 137 cm³/mol. The summed E-state index contributed by atoms with van der Waals surface area (Å²) >= 11 is 1.88. The summed E-state index contributed by atoms with van der Waals surface area (Å²) in [6.45, 7) is 6.78. The van der Waals surface area contributed by atoms with Gasteiger partial charge >= 0.3 is 0 Å². The van der Waals surface area contributed by atoms with Crippen LogP contribution in [0, 0.1) is 5.92 Å². The maximum absolute atomic E-state index is 14.3. The zero-order chi connectivity index (χ0) is 24.3. The second-order valence-corrected chi connectivity index (χ2v) is 10.2. The average Bonchev–Trinajstić information content (AvgIpc) is 2.88. The number of hydrogen-bond donors (Lipinski definition) is 2. The largest absolute Gasteiger partial charge is 0.368 e. The summed E-state index contributed by atoms with van der Waals surface area (Å²) < 4.78 is 31.1. The molecule has 0 radical (unpaired) electrons. The van der Waals surface area contributed by atoms with Gasteiger partial charge in [-0.25, -0.2) is 28.0 Å². The lowest BCUT2D eigenvalue weighted by molar-refractivity contribution is -0.0728. The third-order valence-electron chi connectivity index (χ3n) is 6.51. The molecule has 35 heavy (non-hydrogen) atoms. The fourth-order valence-electron chi connectivity index (χ4n) is 4.52. The molecule has 0 amide bonds. The molecule has 1 atom stereocenters. The highest BCUT2D eigenvalue weighted by atomic mass is 32.2. The molecule has 186 valence electrons. The van der Waals surface area contributed by atoms with E-state index in [-0.39, 0.29) is 19.5 Å². The van der Waals surface area contributed by atoms with E-state index >= 15 is 0 Å². The van der Waals surface area contributed by atoms with Gasteiger partial charge in [-0.15, -0.1) is 0 Å². The Morgan fingerprint density at radius 1 is 1.14 bits per heavy atom. The number of nitrogens with one attached hydrogen (secondary N) is 2. The lowest BCUT2D eigenvalue weighted by atomic mass is 9.95. The first-order chi connectivity index (χ1) is 17.0. The summed E-state index contributed by atoms with van der Waals surface area (Å²) in [6, 6.07) is 5.88. The molecule has 2 saturated heterocycles. The Hall–Kier alpha value is -2.63. The van der Waals surface area contributed by atoms with Gasteiger partial charge in [-0.1, -0.05) is 18.9 Å². The number of anilines is 2. The van der Waals surface area contributed by atoms with Crippen molar-refractivity contribution in [3.8, 4) is 11.3 Å². The highest BCUT2D eigenvalue weighted by Crippen LogP contribution is 2.32. The third kappa shape index (κ3) is 5.46. The van der Waals surface area contributed by atoms with Gasteiger partial charge in [0.05, 0.1) is 17.1 Å². The van der Waals surface area contributed by atoms with E-state index in [1.807, 2.05) is 36.3 Å². The molecular weight excluding hydrogens is 470 g/mol. The van der Waals surface area contributed by atoms with Crippen molar-refractivity contribution < 1.29 is 8.78 Å². The smallest absolute Gasteiger partial charge is 0.255 e. The van der Waals surface area contributed by atoms with E-state index in [4.69, 9.17) is 9.97 Å². The molecule has 0 aliphatic carbocycles. The Balaban J connectivity index is 1.35. The first-order valence-electron chi connectivity index (χ1n) is 12.1. The molecular formula is C24H30F2N8S. The maximum atomic E-state index is 14.3. The minimum absolute atomic E-state index is 0.0988. The molecule has 0 aromatic carbocycles. The van der Waals surface area contributed by atoms with Crippen molar-refractivity contribution in [3.63, 3.8) is 0 Å². The predicted octanol–water partition coefficient (Wildman–Crippen LogP) is 3.53. The van der Waals surface area contributed by atoms with Crippen LogP contribution in [0.5, 0.6) is 0 Å². The number of pyridine rings is 2. The summed E-state index contributed by atoms with van der Waals surface area (Å²) in [7, 11) is 0. The highest BCUT2D eigenvalue weighted by Gasteiger charge is 2.41. The number of piperazine rings is 1. The van der Waals surface area contributed by atoms with Crippen LogP contribution in [-0.4, -0.2) is 81.7 Å². The van der Waals surface area contributed by atoms with Gasteiger partial charge in [0.1, 0.15) is 11.3 Å². The van der Waals surface area contributed by atoms with Gasteiger partial charge in [-0.05, 0) is 18.2 Å². The number of piperidine rings is 1. The molecule has 11 heteroatoms. The molecule has 3 aromatic heterocycles. The van der Waals surface area contributed by atoms with Crippen LogP contribution in [0.1, 0.15) is 13.3 Å². The quantitative estimate of drug-likeness (QED) is 0.474. The zero-order valence-corrected chi connectivity index (χ0v) is 20.6. The number of rotatable bonds is 7. The second kappa shape index (κ2) is 10.5. The van der Waals surface area contributed by atoms with Crippen molar-refractivity contribution in [1.29, 1.82) is 0 Å². The zero-order valence-electron chi connectivity index (χ0n) is 19.8. The molecule has 5 rings (SSSR count). The summed E-state index contributed by atoms with van der Waals surface area (Å²) in [4.78, 5) is 20.5. The fourth-order valence-corrected chi connectivity index (χ4v) is 5.31. The van der Waals surface area contributed by atoms with Gasteiger partial charge in [-0.3, -0.25) is 4.98 Å². The molecule has 1 unspecified atom stereocenters. The SMILES string of the molecule is CCSN1CCN(c2ccc(-c3cc4nccnc4c(NCC4CNCCC4(F)F)n3)cn2)CC1. The Kier molecular flexibility index (Phi) is 7.26. The van der Waals surface area contributed by atoms with E-state index in [1.54, 1.807) is 12.4 Å². The standard InChI is InChI=1S/C24H30F2N8S/c1-2-35-34-11-9-33(10-12-34)21-4-3-17(14-30-21)19-13-20-22(29-8-7-28-20)23(32-19)31-16-18-15-27-6-5-24(18,25)26/h3-4,7-8,13-14,18,27H,2,5-6,9-12,15-16H2,1H3,(H,31,32). The highest BCUT2D eigenvalue weighted by molar-refractivity contribution is 7.96. The Morgan fingerprint density at radius 3 is 2.71 bits per heavy atom. The minimum Gasteiger partial charge on any atom is -0.368 e. The monoisotopic (exact) mass is 500 g/mol. The topological polar surface area (TPSA) is 82.1 Å². The van der Waals surface area contributed by atoms with E-state index in [9.17, 15) is 8.78 Å². The number of fused-ring (bicyclic) bond motifs is 1. The number of alkyl halides is 2. The first kappa shape index (κ1) is 24.1. The van der Waals surface area contributed by atoms with Crippen molar-refractivity contribution in [1.82, 2.24) is 29.6 Å². The Morgan fingerprint density at radius 2 is 1.97 bits per heavy atom. The Bertz CT molecular complexity index is 1140. The van der Waals surface area contributed by atoms with Crippen molar-refractivity contribution in [2.75, 3.05) is 61.8 Å². The molecule has 2 N–H and O–H groups in total. The number of halogens is 2. The normalized spacial score (nSPS) is 20.8. The summed E-state index contributed by atoms with van der Waals surface area (Å²) in [6.07, 6.45) is 4.86. The lowest BCUT2D eigenvalue weighted by Crippen LogP contribution is -2.47. The fraction of sp³-hybridized carbons (Fsp3) is 0.500. The molecule has 5 heterocycles. The summed E-state index contributed by atoms with van der Waals surface area (Å²) in [5.74, 6) is -1.03. The third-order valence-corrected chi connectivity index (χ3v) is 7.50. The van der Waals surface area contributed by atoms with Crippen LogP contribution >= 0.6 is 11.9 Å². The molecule has 3 aromatic rings. The van der Waals surface area contributed by atoms with Gasteiger partial charge in [0, 0.05) is 82.1 Å². The number of hydrogen-bond acceptors (Lipinski definition) is 9. The number of aromatic nitrogens is 4. The molecule has 0 saturated carbocycles. The van der Waals surface area contributed by atoms with Crippen LogP contribution in [0.15, 0.2) is 36.8 Å². The molecule has 2 fully saturated rings. The summed E-state index contributed by atoms with van der Waals surface area (Å²) in [5, 5.41) is 6.19. The van der Waals surface area contributed by atoms with E-state index < -0.39 is 11.8 Å². The van der Waals surface area contributed by atoms with Crippen LogP contribution in [0.2, 0.25) is 0 Å². The van der Waals surface area contributed by atoms with E-state index in [2.05, 4.69) is 36.7 Å². The van der Waals surface area contributed by atoms with Crippen molar-refractivity contribution in [2.45, 2.75) is 19.3 Å². The molecule has 2 aliphatic rings. The van der Waals surface area contributed by atoms with Crippen molar-refractivity contribution in [3.05, 3.63) is 36.8 Å². The van der Waals surface area contributed by atoms with E-state index in [0.717, 1.165) is 43.3 Å². The van der Waals surface area contributed by atoms with Crippen LogP contribution in [0.25, 0.3) is 22.3 Å².